The zero-order valence-corrected chi connectivity index (χ0v) is 18.1. The van der Waals surface area contributed by atoms with E-state index in [9.17, 15) is 14.4 Å². The molecule has 2 saturated carbocycles. The van der Waals surface area contributed by atoms with E-state index in [4.69, 9.17) is 0 Å². The van der Waals surface area contributed by atoms with E-state index in [0.717, 1.165) is 49.8 Å². The van der Waals surface area contributed by atoms with E-state index in [1.807, 2.05) is 7.05 Å². The third-order valence-electron chi connectivity index (χ3n) is 7.91. The lowest BCUT2D eigenvalue weighted by atomic mass is 9.65. The average molecular weight is 392 g/mol. The highest BCUT2D eigenvalue weighted by atomic mass is 16.2. The first-order valence-electron chi connectivity index (χ1n) is 11.1. The maximum atomic E-state index is 13.1. The molecule has 3 aliphatic rings. The predicted octanol–water partition coefficient (Wildman–Crippen LogP) is 3.69. The van der Waals surface area contributed by atoms with Crippen LogP contribution in [0.4, 0.5) is 4.79 Å². The molecule has 0 bridgehead atoms. The minimum atomic E-state index is -0.791. The first-order chi connectivity index (χ1) is 13.2. The van der Waals surface area contributed by atoms with Gasteiger partial charge < -0.3 is 10.2 Å². The van der Waals surface area contributed by atoms with Crippen LogP contribution in [-0.4, -0.2) is 52.8 Å². The number of hydrogen-bond acceptors (Lipinski definition) is 3. The number of nitrogens with one attached hydrogen (secondary N) is 1. The van der Waals surface area contributed by atoms with Crippen LogP contribution in [-0.2, 0) is 9.59 Å². The maximum Gasteiger partial charge on any atom is 0.325 e. The molecule has 0 aromatic carbocycles. The summed E-state index contributed by atoms with van der Waals surface area (Å²) in [6, 6.07) is -0.161. The number of amides is 4. The molecule has 2 aliphatic carbocycles. The third-order valence-corrected chi connectivity index (χ3v) is 7.91. The van der Waals surface area contributed by atoms with E-state index in [2.05, 4.69) is 26.1 Å². The summed E-state index contributed by atoms with van der Waals surface area (Å²) in [4.78, 5) is 41.3. The monoisotopic (exact) mass is 391 g/mol. The number of hydrogen-bond donors (Lipinski definition) is 1. The number of rotatable bonds is 5. The number of nitrogens with zero attached hydrogens (tertiary/aromatic N) is 2. The zero-order chi connectivity index (χ0) is 20.5. The number of imide groups is 1. The molecule has 4 amide bonds. The van der Waals surface area contributed by atoms with Gasteiger partial charge in [-0.2, -0.15) is 0 Å². The van der Waals surface area contributed by atoms with Gasteiger partial charge in [0, 0.05) is 13.1 Å². The van der Waals surface area contributed by atoms with Crippen LogP contribution in [0.2, 0.25) is 0 Å². The second-order valence-electron chi connectivity index (χ2n) is 9.82. The fourth-order valence-corrected chi connectivity index (χ4v) is 5.26. The molecule has 0 atom stereocenters. The SMILES string of the molecule is CCC(C)(C)C1CCC2(CC1)NC(=O)N(CC(=O)N(C)C1CCCCC1)C2=O. The number of likely N-dealkylation sites (N-methyl/N-ethyl adjacent to an activating group) is 1. The highest BCUT2D eigenvalue weighted by molar-refractivity contribution is 6.09. The van der Waals surface area contributed by atoms with Crippen molar-refractivity contribution in [2.75, 3.05) is 13.6 Å². The Morgan fingerprint density at radius 2 is 1.75 bits per heavy atom. The average Bonchev–Trinajstić information content (AvgIpc) is 2.92. The van der Waals surface area contributed by atoms with Crippen molar-refractivity contribution in [1.29, 1.82) is 0 Å². The third kappa shape index (κ3) is 3.92. The van der Waals surface area contributed by atoms with Crippen LogP contribution in [0, 0.1) is 11.3 Å². The van der Waals surface area contributed by atoms with E-state index in [0.29, 0.717) is 18.8 Å². The molecule has 0 radical (unpaired) electrons. The Morgan fingerprint density at radius 1 is 1.14 bits per heavy atom. The van der Waals surface area contributed by atoms with Gasteiger partial charge in [0.05, 0.1) is 0 Å². The van der Waals surface area contributed by atoms with Crippen LogP contribution in [0.25, 0.3) is 0 Å². The summed E-state index contributed by atoms with van der Waals surface area (Å²) in [5.41, 5.74) is -0.535. The van der Waals surface area contributed by atoms with Gasteiger partial charge in [0.1, 0.15) is 12.1 Å². The van der Waals surface area contributed by atoms with Crippen molar-refractivity contribution in [3.8, 4) is 0 Å². The molecule has 3 rings (SSSR count). The van der Waals surface area contributed by atoms with E-state index < -0.39 is 11.6 Å². The van der Waals surface area contributed by atoms with Crippen molar-refractivity contribution in [2.24, 2.45) is 11.3 Å². The lowest BCUT2D eigenvalue weighted by molar-refractivity contribution is -0.140. The highest BCUT2D eigenvalue weighted by Gasteiger charge is 2.53. The first-order valence-corrected chi connectivity index (χ1v) is 11.1. The van der Waals surface area contributed by atoms with Gasteiger partial charge in [0.15, 0.2) is 0 Å². The van der Waals surface area contributed by atoms with Gasteiger partial charge in [-0.15, -0.1) is 0 Å². The van der Waals surface area contributed by atoms with E-state index in [1.54, 1.807) is 4.90 Å². The molecule has 0 aromatic rings. The second-order valence-corrected chi connectivity index (χ2v) is 9.82. The standard InChI is InChI=1S/C22H37N3O3/c1-5-21(2,3)16-11-13-22(14-12-16)19(27)25(20(28)23-22)15-18(26)24(4)17-9-7-6-8-10-17/h16-17H,5-15H2,1-4H3,(H,23,28). The molecular formula is C22H37N3O3. The smallest absolute Gasteiger partial charge is 0.325 e. The Bertz CT molecular complexity index is 617. The molecule has 0 aromatic heterocycles. The number of urea groups is 1. The van der Waals surface area contributed by atoms with E-state index in [-0.39, 0.29) is 29.8 Å². The fraction of sp³-hybridized carbons (Fsp3) is 0.864. The van der Waals surface area contributed by atoms with Gasteiger partial charge in [0.2, 0.25) is 5.91 Å². The molecular weight excluding hydrogens is 354 g/mol. The molecule has 158 valence electrons. The molecule has 6 nitrogen and oxygen atoms in total. The molecule has 28 heavy (non-hydrogen) atoms. The minimum absolute atomic E-state index is 0.131. The van der Waals surface area contributed by atoms with Crippen LogP contribution < -0.4 is 5.32 Å². The van der Waals surface area contributed by atoms with Crippen LogP contribution in [0.1, 0.15) is 85.0 Å². The Hall–Kier alpha value is -1.59. The van der Waals surface area contributed by atoms with Crippen LogP contribution in [0.3, 0.4) is 0 Å². The van der Waals surface area contributed by atoms with Gasteiger partial charge in [-0.25, -0.2) is 4.79 Å². The van der Waals surface area contributed by atoms with Crippen molar-refractivity contribution in [3.63, 3.8) is 0 Å². The van der Waals surface area contributed by atoms with Crippen LogP contribution >= 0.6 is 0 Å². The largest absolute Gasteiger partial charge is 0.341 e. The Kier molecular flexibility index (Phi) is 6.06. The van der Waals surface area contributed by atoms with E-state index in [1.165, 1.54) is 6.42 Å². The summed E-state index contributed by atoms with van der Waals surface area (Å²) in [7, 11) is 1.81. The topological polar surface area (TPSA) is 69.7 Å². The van der Waals surface area contributed by atoms with Gasteiger partial charge in [-0.3, -0.25) is 14.5 Å². The molecule has 1 N–H and O–H groups in total. The van der Waals surface area contributed by atoms with Crippen molar-refractivity contribution >= 4 is 17.8 Å². The minimum Gasteiger partial charge on any atom is -0.341 e. The first kappa shape index (κ1) is 21.1. The zero-order valence-electron chi connectivity index (χ0n) is 18.1. The quantitative estimate of drug-likeness (QED) is 0.727. The van der Waals surface area contributed by atoms with Crippen LogP contribution in [0.15, 0.2) is 0 Å². The molecule has 1 spiro atoms. The maximum absolute atomic E-state index is 13.1. The predicted molar refractivity (Wildman–Crippen MR) is 109 cm³/mol. The summed E-state index contributed by atoms with van der Waals surface area (Å²) < 4.78 is 0. The van der Waals surface area contributed by atoms with Gasteiger partial charge in [0.25, 0.3) is 5.91 Å². The summed E-state index contributed by atoms with van der Waals surface area (Å²) >= 11 is 0. The second kappa shape index (κ2) is 8.03. The number of carbonyl (C=O) groups excluding carboxylic acids is 3. The van der Waals surface area contributed by atoms with Gasteiger partial charge >= 0.3 is 6.03 Å². The highest BCUT2D eigenvalue weighted by Crippen LogP contribution is 2.45. The molecule has 1 saturated heterocycles. The lowest BCUT2D eigenvalue weighted by Gasteiger charge is -2.42. The molecule has 1 heterocycles. The summed E-state index contributed by atoms with van der Waals surface area (Å²) in [5, 5.41) is 2.95. The Balaban J connectivity index is 1.61. The summed E-state index contributed by atoms with van der Waals surface area (Å²) in [6.45, 7) is 6.65. The number of carbonyl (C=O) groups is 3. The van der Waals surface area contributed by atoms with Crippen molar-refractivity contribution in [3.05, 3.63) is 0 Å². The molecule has 1 aliphatic heterocycles. The van der Waals surface area contributed by atoms with Gasteiger partial charge in [-0.05, 0) is 49.9 Å². The van der Waals surface area contributed by atoms with E-state index >= 15 is 0 Å². The van der Waals surface area contributed by atoms with Crippen LogP contribution in [0.5, 0.6) is 0 Å². The normalized spacial score (nSPS) is 29.3. The molecule has 6 heteroatoms. The summed E-state index contributed by atoms with van der Waals surface area (Å²) in [5.74, 6) is 0.241. The van der Waals surface area contributed by atoms with Crippen molar-refractivity contribution in [1.82, 2.24) is 15.1 Å². The van der Waals surface area contributed by atoms with Crippen molar-refractivity contribution < 1.29 is 14.4 Å². The fourth-order valence-electron chi connectivity index (χ4n) is 5.26. The molecule has 0 unspecified atom stereocenters. The summed E-state index contributed by atoms with van der Waals surface area (Å²) in [6.07, 6.45) is 9.88. The molecule has 3 fully saturated rings. The van der Waals surface area contributed by atoms with Crippen molar-refractivity contribution in [2.45, 2.75) is 96.6 Å². The Labute approximate surface area is 169 Å². The van der Waals surface area contributed by atoms with Gasteiger partial charge in [-0.1, -0.05) is 46.5 Å². The Morgan fingerprint density at radius 3 is 2.32 bits per heavy atom. The lowest BCUT2D eigenvalue weighted by Crippen LogP contribution is -2.51.